The largest absolute Gasteiger partial charge is 0.350 e. The van der Waals surface area contributed by atoms with E-state index in [0.717, 1.165) is 13.0 Å². The Morgan fingerprint density at radius 1 is 1.12 bits per heavy atom. The van der Waals surface area contributed by atoms with E-state index in [2.05, 4.69) is 36.0 Å². The van der Waals surface area contributed by atoms with Crippen molar-refractivity contribution < 1.29 is 0 Å². The summed E-state index contributed by atoms with van der Waals surface area (Å²) in [6.07, 6.45) is 5.33. The number of rotatable bonds is 3. The molecule has 0 atom stereocenters. The summed E-state index contributed by atoms with van der Waals surface area (Å²) < 4.78 is 2.17. The van der Waals surface area contributed by atoms with Crippen LogP contribution in [0.2, 0.25) is 0 Å². The van der Waals surface area contributed by atoms with Gasteiger partial charge in [-0.05, 0) is 35.7 Å². The van der Waals surface area contributed by atoms with Gasteiger partial charge in [-0.3, -0.25) is 0 Å². The van der Waals surface area contributed by atoms with Gasteiger partial charge in [-0.1, -0.05) is 19.1 Å². The minimum absolute atomic E-state index is 0.713. The van der Waals surface area contributed by atoms with Crippen molar-refractivity contribution in [3.05, 3.63) is 59.4 Å². The van der Waals surface area contributed by atoms with Crippen LogP contribution < -0.4 is 0 Å². The molecule has 0 unspecified atom stereocenters. The van der Waals surface area contributed by atoms with Gasteiger partial charge in [0.1, 0.15) is 0 Å². The Bertz CT molecular complexity index is 500. The maximum absolute atomic E-state index is 8.70. The Morgan fingerprint density at radius 3 is 2.44 bits per heavy atom. The lowest BCUT2D eigenvalue weighted by Crippen LogP contribution is -1.96. The summed E-state index contributed by atoms with van der Waals surface area (Å²) in [6, 6.07) is 12.0. The monoisotopic (exact) mass is 210 g/mol. The van der Waals surface area contributed by atoms with E-state index in [9.17, 15) is 0 Å². The quantitative estimate of drug-likeness (QED) is 0.765. The Balaban J connectivity index is 2.11. The molecule has 1 aromatic heterocycles. The maximum Gasteiger partial charge on any atom is 0.0991 e. The van der Waals surface area contributed by atoms with Crippen LogP contribution in [0.4, 0.5) is 0 Å². The van der Waals surface area contributed by atoms with Gasteiger partial charge in [0.25, 0.3) is 0 Å². The van der Waals surface area contributed by atoms with E-state index >= 15 is 0 Å². The number of nitrogens with zero attached hydrogens (tertiary/aromatic N) is 2. The van der Waals surface area contributed by atoms with E-state index in [1.54, 1.807) is 0 Å². The average molecular weight is 210 g/mol. The second-order valence-electron chi connectivity index (χ2n) is 3.85. The molecular weight excluding hydrogens is 196 g/mol. The number of hydrogen-bond acceptors (Lipinski definition) is 1. The lowest BCUT2D eigenvalue weighted by molar-refractivity contribution is 0.802. The molecule has 2 aromatic rings. The van der Waals surface area contributed by atoms with E-state index in [-0.39, 0.29) is 0 Å². The minimum atomic E-state index is 0.713. The SMILES string of the molecule is CCc1ccn(Cc2ccc(C#N)cc2)c1. The van der Waals surface area contributed by atoms with Crippen LogP contribution in [-0.4, -0.2) is 4.57 Å². The zero-order valence-electron chi connectivity index (χ0n) is 9.35. The van der Waals surface area contributed by atoms with Gasteiger partial charge < -0.3 is 4.57 Å². The van der Waals surface area contributed by atoms with E-state index in [0.29, 0.717) is 5.56 Å². The van der Waals surface area contributed by atoms with Gasteiger partial charge in [0.05, 0.1) is 11.6 Å². The Kier molecular flexibility index (Phi) is 3.07. The van der Waals surface area contributed by atoms with Crippen LogP contribution in [0.5, 0.6) is 0 Å². The first kappa shape index (κ1) is 10.5. The van der Waals surface area contributed by atoms with E-state index in [1.807, 2.05) is 24.3 Å². The van der Waals surface area contributed by atoms with Gasteiger partial charge in [-0.25, -0.2) is 0 Å². The summed E-state index contributed by atoms with van der Waals surface area (Å²) in [5.74, 6) is 0. The first-order valence-electron chi connectivity index (χ1n) is 5.45. The van der Waals surface area contributed by atoms with E-state index in [1.165, 1.54) is 11.1 Å². The van der Waals surface area contributed by atoms with Crippen LogP contribution in [0.3, 0.4) is 0 Å². The van der Waals surface area contributed by atoms with Crippen molar-refractivity contribution in [1.29, 1.82) is 5.26 Å². The second kappa shape index (κ2) is 4.67. The van der Waals surface area contributed by atoms with Crippen LogP contribution in [0.15, 0.2) is 42.7 Å². The number of nitriles is 1. The Morgan fingerprint density at radius 2 is 1.88 bits per heavy atom. The molecule has 2 heteroatoms. The van der Waals surface area contributed by atoms with Crippen molar-refractivity contribution in [3.8, 4) is 6.07 Å². The third-order valence-corrected chi connectivity index (χ3v) is 2.67. The molecule has 0 N–H and O–H groups in total. The predicted molar refractivity (Wildman–Crippen MR) is 64.1 cm³/mol. The fraction of sp³-hybridized carbons (Fsp3) is 0.214. The van der Waals surface area contributed by atoms with Crippen molar-refractivity contribution in [1.82, 2.24) is 4.57 Å². The van der Waals surface area contributed by atoms with Gasteiger partial charge in [-0.2, -0.15) is 5.26 Å². The highest BCUT2D eigenvalue weighted by atomic mass is 14.9. The summed E-state index contributed by atoms with van der Waals surface area (Å²) in [6.45, 7) is 3.02. The molecule has 0 spiro atoms. The van der Waals surface area contributed by atoms with E-state index < -0.39 is 0 Å². The molecule has 2 rings (SSSR count). The summed E-state index contributed by atoms with van der Waals surface area (Å²) in [5.41, 5.74) is 3.29. The number of aromatic nitrogens is 1. The third kappa shape index (κ3) is 2.32. The molecule has 16 heavy (non-hydrogen) atoms. The normalized spacial score (nSPS) is 10.0. The van der Waals surface area contributed by atoms with Gasteiger partial charge >= 0.3 is 0 Å². The van der Waals surface area contributed by atoms with Crippen LogP contribution in [0, 0.1) is 11.3 Å². The van der Waals surface area contributed by atoms with Crippen molar-refractivity contribution in [2.45, 2.75) is 19.9 Å². The molecule has 0 aliphatic heterocycles. The predicted octanol–water partition coefficient (Wildman–Crippen LogP) is 2.97. The van der Waals surface area contributed by atoms with Crippen LogP contribution in [-0.2, 0) is 13.0 Å². The number of benzene rings is 1. The van der Waals surface area contributed by atoms with Crippen molar-refractivity contribution in [2.24, 2.45) is 0 Å². The lowest BCUT2D eigenvalue weighted by Gasteiger charge is -2.02. The van der Waals surface area contributed by atoms with Crippen molar-refractivity contribution in [3.63, 3.8) is 0 Å². The van der Waals surface area contributed by atoms with Gasteiger partial charge in [0.2, 0.25) is 0 Å². The molecule has 80 valence electrons. The summed E-state index contributed by atoms with van der Waals surface area (Å²) in [5, 5.41) is 8.70. The second-order valence-corrected chi connectivity index (χ2v) is 3.85. The molecule has 0 bridgehead atoms. The fourth-order valence-electron chi connectivity index (χ4n) is 1.69. The zero-order valence-corrected chi connectivity index (χ0v) is 9.35. The fourth-order valence-corrected chi connectivity index (χ4v) is 1.69. The van der Waals surface area contributed by atoms with Crippen molar-refractivity contribution >= 4 is 0 Å². The first-order valence-corrected chi connectivity index (χ1v) is 5.45. The number of hydrogen-bond donors (Lipinski definition) is 0. The molecule has 0 amide bonds. The minimum Gasteiger partial charge on any atom is -0.350 e. The highest BCUT2D eigenvalue weighted by Crippen LogP contribution is 2.08. The van der Waals surface area contributed by atoms with Crippen molar-refractivity contribution in [2.75, 3.05) is 0 Å². The lowest BCUT2D eigenvalue weighted by atomic mass is 10.1. The van der Waals surface area contributed by atoms with Gasteiger partial charge in [0.15, 0.2) is 0 Å². The van der Waals surface area contributed by atoms with Crippen LogP contribution in [0.1, 0.15) is 23.6 Å². The molecule has 0 saturated carbocycles. The Labute approximate surface area is 95.8 Å². The molecule has 2 nitrogen and oxygen atoms in total. The van der Waals surface area contributed by atoms with Crippen LogP contribution >= 0.6 is 0 Å². The third-order valence-electron chi connectivity index (χ3n) is 2.67. The zero-order chi connectivity index (χ0) is 11.4. The molecule has 0 radical (unpaired) electrons. The molecule has 1 heterocycles. The molecular formula is C14H14N2. The average Bonchev–Trinajstić information content (AvgIpc) is 2.78. The standard InChI is InChI=1S/C14H14N2/c1-2-12-7-8-16(10-12)11-14-5-3-13(9-15)4-6-14/h3-8,10H,2,11H2,1H3. The smallest absolute Gasteiger partial charge is 0.0991 e. The summed E-state index contributed by atoms with van der Waals surface area (Å²) in [4.78, 5) is 0. The Hall–Kier alpha value is -2.01. The topological polar surface area (TPSA) is 28.7 Å². The molecule has 0 aliphatic carbocycles. The number of aryl methyl sites for hydroxylation is 1. The summed E-state index contributed by atoms with van der Waals surface area (Å²) in [7, 11) is 0. The highest BCUT2D eigenvalue weighted by molar-refractivity contribution is 5.31. The van der Waals surface area contributed by atoms with E-state index in [4.69, 9.17) is 5.26 Å². The molecule has 0 saturated heterocycles. The van der Waals surface area contributed by atoms with Gasteiger partial charge in [0, 0.05) is 18.9 Å². The summed E-state index contributed by atoms with van der Waals surface area (Å²) >= 11 is 0. The highest BCUT2D eigenvalue weighted by Gasteiger charge is 1.97. The maximum atomic E-state index is 8.70. The molecule has 1 aromatic carbocycles. The molecule has 0 aliphatic rings. The van der Waals surface area contributed by atoms with Gasteiger partial charge in [-0.15, -0.1) is 0 Å². The first-order chi connectivity index (χ1) is 7.81. The molecule has 0 fully saturated rings. The van der Waals surface area contributed by atoms with Crippen LogP contribution in [0.25, 0.3) is 0 Å².